The van der Waals surface area contributed by atoms with Crippen LogP contribution in [0, 0.1) is 6.92 Å². The van der Waals surface area contributed by atoms with Crippen LogP contribution in [0.25, 0.3) is 11.3 Å². The molecule has 3 heterocycles. The van der Waals surface area contributed by atoms with E-state index in [9.17, 15) is 4.79 Å². The number of aryl methyl sites for hydroxylation is 1. The Morgan fingerprint density at radius 1 is 0.861 bits per heavy atom. The number of urea groups is 1. The first-order valence-electron chi connectivity index (χ1n) is 11.9. The van der Waals surface area contributed by atoms with Crippen LogP contribution in [0.4, 0.5) is 33.6 Å². The summed E-state index contributed by atoms with van der Waals surface area (Å²) in [5.41, 5.74) is 3.22. The number of amides is 2. The number of benzene rings is 2. The molecule has 0 saturated carbocycles. The number of nitrogens with one attached hydrogen (secondary N) is 4. The molecule has 4 N–H and O–H groups in total. The van der Waals surface area contributed by atoms with Gasteiger partial charge in [0.2, 0.25) is 0 Å². The summed E-state index contributed by atoms with van der Waals surface area (Å²) in [6, 6.07) is 20.5. The van der Waals surface area contributed by atoms with Gasteiger partial charge in [-0.2, -0.15) is 5.10 Å². The second kappa shape index (κ2) is 10.4. The Hall–Kier alpha value is -4.44. The molecular formula is C26H29N9O. The van der Waals surface area contributed by atoms with Gasteiger partial charge in [-0.3, -0.25) is 5.10 Å². The molecule has 0 radical (unpaired) electrons. The molecule has 0 unspecified atom stereocenters. The number of piperazine rings is 1. The van der Waals surface area contributed by atoms with Crippen LogP contribution in [0.3, 0.4) is 0 Å². The molecule has 0 atom stereocenters. The van der Waals surface area contributed by atoms with Crippen molar-refractivity contribution in [2.24, 2.45) is 0 Å². The van der Waals surface area contributed by atoms with Crippen molar-refractivity contribution < 1.29 is 4.79 Å². The van der Waals surface area contributed by atoms with Crippen LogP contribution in [0.5, 0.6) is 0 Å². The SMILES string of the molecule is Cc1nc(Nc2cc(-c3ccc(NC(=O)Nc4ccccc4)cc3)[nH]n2)cc(N2CCN(C)CC2)n1. The monoisotopic (exact) mass is 483 g/mol. The fourth-order valence-electron chi connectivity index (χ4n) is 4.03. The second-order valence-corrected chi connectivity index (χ2v) is 8.76. The van der Waals surface area contributed by atoms with Crippen molar-refractivity contribution in [2.45, 2.75) is 6.92 Å². The highest BCUT2D eigenvalue weighted by atomic mass is 16.2. The summed E-state index contributed by atoms with van der Waals surface area (Å²) in [5.74, 6) is 3.01. The fourth-order valence-corrected chi connectivity index (χ4v) is 4.03. The van der Waals surface area contributed by atoms with Crippen molar-refractivity contribution in [2.75, 3.05) is 54.1 Å². The molecule has 5 rings (SSSR count). The molecule has 10 heteroatoms. The minimum Gasteiger partial charge on any atom is -0.354 e. The first-order valence-corrected chi connectivity index (χ1v) is 11.9. The highest BCUT2D eigenvalue weighted by Gasteiger charge is 2.17. The zero-order valence-corrected chi connectivity index (χ0v) is 20.3. The molecule has 0 spiro atoms. The third-order valence-corrected chi connectivity index (χ3v) is 5.97. The molecule has 184 valence electrons. The van der Waals surface area contributed by atoms with Crippen LogP contribution in [0.2, 0.25) is 0 Å². The Bertz CT molecular complexity index is 1310. The molecule has 36 heavy (non-hydrogen) atoms. The Morgan fingerprint density at radius 3 is 2.28 bits per heavy atom. The van der Waals surface area contributed by atoms with Gasteiger partial charge in [0.1, 0.15) is 17.5 Å². The first kappa shape index (κ1) is 23.3. The molecule has 1 aliphatic rings. The maximum absolute atomic E-state index is 12.2. The highest BCUT2D eigenvalue weighted by molar-refractivity contribution is 5.99. The van der Waals surface area contributed by atoms with Gasteiger partial charge in [0.15, 0.2) is 5.82 Å². The van der Waals surface area contributed by atoms with Gasteiger partial charge in [-0.15, -0.1) is 0 Å². The number of aromatic nitrogens is 4. The van der Waals surface area contributed by atoms with E-state index in [1.54, 1.807) is 0 Å². The molecule has 1 aliphatic heterocycles. The molecule has 1 saturated heterocycles. The molecular weight excluding hydrogens is 454 g/mol. The number of likely N-dealkylation sites (N-methyl/N-ethyl adjacent to an activating group) is 1. The summed E-state index contributed by atoms with van der Waals surface area (Å²) < 4.78 is 0. The van der Waals surface area contributed by atoms with E-state index in [1.807, 2.05) is 73.7 Å². The average molecular weight is 484 g/mol. The lowest BCUT2D eigenvalue weighted by molar-refractivity contribution is 0.262. The van der Waals surface area contributed by atoms with Gasteiger partial charge in [0.25, 0.3) is 0 Å². The first-order chi connectivity index (χ1) is 17.5. The number of rotatable bonds is 6. The Labute approximate surface area is 209 Å². The summed E-state index contributed by atoms with van der Waals surface area (Å²) >= 11 is 0. The number of anilines is 5. The third-order valence-electron chi connectivity index (χ3n) is 5.97. The van der Waals surface area contributed by atoms with E-state index in [2.05, 4.69) is 53.0 Å². The molecule has 10 nitrogen and oxygen atoms in total. The third kappa shape index (κ3) is 5.78. The van der Waals surface area contributed by atoms with Crippen LogP contribution in [-0.2, 0) is 0 Å². The van der Waals surface area contributed by atoms with E-state index < -0.39 is 0 Å². The number of aromatic amines is 1. The molecule has 4 aromatic rings. The van der Waals surface area contributed by atoms with Gasteiger partial charge in [-0.25, -0.2) is 14.8 Å². The standard InChI is InChI=1S/C26H29N9O/c1-18-27-23(17-25(28-18)35-14-12-34(2)13-15-35)31-24-16-22(32-33-24)19-8-10-21(11-9-19)30-26(36)29-20-6-4-3-5-7-20/h3-11,16-17H,12-15H2,1-2H3,(H2,29,30,36)(H2,27,28,31,32,33). The van der Waals surface area contributed by atoms with E-state index in [-0.39, 0.29) is 6.03 Å². The van der Waals surface area contributed by atoms with E-state index in [0.29, 0.717) is 23.1 Å². The highest BCUT2D eigenvalue weighted by Crippen LogP contribution is 2.25. The predicted octanol–water partition coefficient (Wildman–Crippen LogP) is 4.31. The zero-order valence-electron chi connectivity index (χ0n) is 20.3. The number of nitrogens with zero attached hydrogens (tertiary/aromatic N) is 5. The summed E-state index contributed by atoms with van der Waals surface area (Å²) in [6.07, 6.45) is 0. The normalized spacial score (nSPS) is 13.9. The van der Waals surface area contributed by atoms with Gasteiger partial charge < -0.3 is 25.8 Å². The topological polar surface area (TPSA) is 114 Å². The number of carbonyl (C=O) groups excluding carboxylic acids is 1. The lowest BCUT2D eigenvalue weighted by Crippen LogP contribution is -2.44. The quantitative estimate of drug-likeness (QED) is 0.323. The van der Waals surface area contributed by atoms with Crippen molar-refractivity contribution in [3.8, 4) is 11.3 Å². The average Bonchev–Trinajstić information content (AvgIpc) is 3.33. The van der Waals surface area contributed by atoms with Crippen LogP contribution in [0.1, 0.15) is 5.82 Å². The van der Waals surface area contributed by atoms with Crippen molar-refractivity contribution in [1.82, 2.24) is 25.1 Å². The van der Waals surface area contributed by atoms with Crippen molar-refractivity contribution in [1.29, 1.82) is 0 Å². The fraction of sp³-hybridized carbons (Fsp3) is 0.231. The van der Waals surface area contributed by atoms with Gasteiger partial charge in [-0.1, -0.05) is 30.3 Å². The second-order valence-electron chi connectivity index (χ2n) is 8.76. The van der Waals surface area contributed by atoms with Crippen LogP contribution < -0.4 is 20.9 Å². The van der Waals surface area contributed by atoms with Gasteiger partial charge >= 0.3 is 6.03 Å². The van der Waals surface area contributed by atoms with Gasteiger partial charge in [-0.05, 0) is 43.8 Å². The molecule has 1 fully saturated rings. The zero-order chi connectivity index (χ0) is 24.9. The molecule has 2 aromatic heterocycles. The van der Waals surface area contributed by atoms with E-state index in [1.165, 1.54) is 0 Å². The summed E-state index contributed by atoms with van der Waals surface area (Å²) in [5, 5.41) is 16.4. The smallest absolute Gasteiger partial charge is 0.323 e. The summed E-state index contributed by atoms with van der Waals surface area (Å²) in [7, 11) is 2.14. The van der Waals surface area contributed by atoms with Crippen molar-refractivity contribution >= 4 is 34.9 Å². The number of carbonyl (C=O) groups is 1. The maximum Gasteiger partial charge on any atom is 0.323 e. The van der Waals surface area contributed by atoms with Crippen LogP contribution in [0.15, 0.2) is 66.7 Å². The lowest BCUT2D eigenvalue weighted by Gasteiger charge is -2.33. The minimum absolute atomic E-state index is 0.293. The molecule has 2 aromatic carbocycles. The van der Waals surface area contributed by atoms with Gasteiger partial charge in [0.05, 0.1) is 5.69 Å². The molecule has 0 aliphatic carbocycles. The van der Waals surface area contributed by atoms with E-state index >= 15 is 0 Å². The largest absolute Gasteiger partial charge is 0.354 e. The number of hydrogen-bond donors (Lipinski definition) is 4. The Kier molecular flexibility index (Phi) is 6.76. The van der Waals surface area contributed by atoms with E-state index in [4.69, 9.17) is 0 Å². The maximum atomic E-state index is 12.2. The van der Waals surface area contributed by atoms with Crippen LogP contribution in [-0.4, -0.2) is 64.3 Å². The summed E-state index contributed by atoms with van der Waals surface area (Å²) in [6.45, 7) is 5.81. The van der Waals surface area contributed by atoms with Crippen molar-refractivity contribution in [3.05, 3.63) is 72.6 Å². The number of para-hydroxylation sites is 1. The van der Waals surface area contributed by atoms with Gasteiger partial charge in [0, 0.05) is 49.7 Å². The Balaban J connectivity index is 1.22. The van der Waals surface area contributed by atoms with E-state index in [0.717, 1.165) is 48.9 Å². The molecule has 0 bridgehead atoms. The number of hydrogen-bond acceptors (Lipinski definition) is 7. The minimum atomic E-state index is -0.293. The molecule has 2 amide bonds. The Morgan fingerprint density at radius 2 is 1.56 bits per heavy atom. The predicted molar refractivity (Wildman–Crippen MR) is 143 cm³/mol. The lowest BCUT2D eigenvalue weighted by atomic mass is 10.1. The summed E-state index contributed by atoms with van der Waals surface area (Å²) in [4.78, 5) is 26.0. The number of H-pyrrole nitrogens is 1. The van der Waals surface area contributed by atoms with Crippen LogP contribution >= 0.6 is 0 Å². The van der Waals surface area contributed by atoms with Crippen molar-refractivity contribution in [3.63, 3.8) is 0 Å².